The van der Waals surface area contributed by atoms with Gasteiger partial charge < -0.3 is 4.90 Å². The summed E-state index contributed by atoms with van der Waals surface area (Å²) in [6.07, 6.45) is 0.809. The quantitative estimate of drug-likeness (QED) is 0.660. The second-order valence-electron chi connectivity index (χ2n) is 6.92. The normalized spacial score (nSPS) is 13.2. The summed E-state index contributed by atoms with van der Waals surface area (Å²) in [4.78, 5) is 14.9. The van der Waals surface area contributed by atoms with E-state index in [9.17, 15) is 13.2 Å². The number of anilines is 2. The number of rotatable bonds is 4. The highest BCUT2D eigenvalue weighted by Crippen LogP contribution is 2.30. The Bertz CT molecular complexity index is 1190. The molecule has 7 heteroatoms. The number of sulfonamides is 1. The van der Waals surface area contributed by atoms with Crippen LogP contribution in [-0.4, -0.2) is 20.9 Å². The lowest BCUT2D eigenvalue weighted by molar-refractivity contribution is 0.0989. The monoisotopic (exact) mass is 426 g/mol. The van der Waals surface area contributed by atoms with Crippen LogP contribution in [-0.2, 0) is 16.4 Å². The van der Waals surface area contributed by atoms with Gasteiger partial charge in [-0.15, -0.1) is 0 Å². The predicted molar refractivity (Wildman–Crippen MR) is 115 cm³/mol. The first-order valence-corrected chi connectivity index (χ1v) is 11.0. The van der Waals surface area contributed by atoms with Gasteiger partial charge in [-0.25, -0.2) is 8.42 Å². The Kier molecular flexibility index (Phi) is 5.06. The van der Waals surface area contributed by atoms with Crippen molar-refractivity contribution in [1.82, 2.24) is 0 Å². The number of carbonyl (C=O) groups is 1. The number of hydrogen-bond donors (Lipinski definition) is 1. The Hall–Kier alpha value is -2.83. The molecule has 0 bridgehead atoms. The minimum absolute atomic E-state index is 0.103. The molecule has 0 unspecified atom stereocenters. The van der Waals surface area contributed by atoms with Crippen molar-refractivity contribution in [2.24, 2.45) is 0 Å². The van der Waals surface area contributed by atoms with Crippen LogP contribution in [0, 0.1) is 6.92 Å². The lowest BCUT2D eigenvalue weighted by atomic mass is 10.1. The Morgan fingerprint density at radius 3 is 2.52 bits per heavy atom. The molecule has 29 heavy (non-hydrogen) atoms. The fourth-order valence-electron chi connectivity index (χ4n) is 3.39. The Morgan fingerprint density at radius 1 is 1.03 bits per heavy atom. The van der Waals surface area contributed by atoms with Gasteiger partial charge in [0.2, 0.25) is 0 Å². The first kappa shape index (κ1) is 19.5. The zero-order valence-corrected chi connectivity index (χ0v) is 17.3. The molecule has 148 valence electrons. The van der Waals surface area contributed by atoms with Gasteiger partial charge in [-0.2, -0.15) is 0 Å². The molecule has 3 aromatic rings. The highest BCUT2D eigenvalue weighted by Gasteiger charge is 2.26. The van der Waals surface area contributed by atoms with E-state index in [0.717, 1.165) is 23.2 Å². The first-order chi connectivity index (χ1) is 13.8. The van der Waals surface area contributed by atoms with Crippen LogP contribution in [0.4, 0.5) is 11.4 Å². The summed E-state index contributed by atoms with van der Waals surface area (Å²) < 4.78 is 28.0. The van der Waals surface area contributed by atoms with Crippen LogP contribution in [0.25, 0.3) is 0 Å². The number of para-hydroxylation sites is 1. The number of halogens is 1. The molecule has 0 spiro atoms. The molecule has 0 radical (unpaired) electrons. The molecular formula is C22H19ClN2O3S. The van der Waals surface area contributed by atoms with E-state index in [0.29, 0.717) is 22.8 Å². The van der Waals surface area contributed by atoms with Gasteiger partial charge in [0.1, 0.15) is 0 Å². The third-order valence-corrected chi connectivity index (χ3v) is 6.62. The maximum Gasteiger partial charge on any atom is 0.261 e. The lowest BCUT2D eigenvalue weighted by Gasteiger charge is -2.18. The Morgan fingerprint density at radius 2 is 1.76 bits per heavy atom. The summed E-state index contributed by atoms with van der Waals surface area (Å²) in [6, 6.07) is 18.8. The fraction of sp³-hybridized carbons (Fsp3) is 0.136. The molecule has 1 heterocycles. The van der Waals surface area contributed by atoms with Gasteiger partial charge >= 0.3 is 0 Å². The summed E-state index contributed by atoms with van der Waals surface area (Å²) in [5.41, 5.74) is 3.57. The van der Waals surface area contributed by atoms with Crippen LogP contribution in [0.2, 0.25) is 5.02 Å². The first-order valence-electron chi connectivity index (χ1n) is 9.14. The van der Waals surface area contributed by atoms with E-state index in [4.69, 9.17) is 11.6 Å². The predicted octanol–water partition coefficient (Wildman–Crippen LogP) is 4.65. The average Bonchev–Trinajstić information content (AvgIpc) is 3.13. The molecule has 1 aliphatic rings. The number of hydrogen-bond acceptors (Lipinski definition) is 3. The summed E-state index contributed by atoms with van der Waals surface area (Å²) in [5, 5.41) is 0.457. The van der Waals surface area contributed by atoms with E-state index in [1.165, 1.54) is 24.3 Å². The van der Waals surface area contributed by atoms with E-state index in [1.807, 2.05) is 24.3 Å². The number of nitrogens with zero attached hydrogens (tertiary/aromatic N) is 1. The van der Waals surface area contributed by atoms with Crippen molar-refractivity contribution in [3.63, 3.8) is 0 Å². The largest absolute Gasteiger partial charge is 0.308 e. The van der Waals surface area contributed by atoms with Crippen LogP contribution < -0.4 is 9.62 Å². The molecule has 1 N–H and O–H groups in total. The highest BCUT2D eigenvalue weighted by atomic mass is 35.5. The SMILES string of the molecule is Cc1ccc(C(=O)N2CCc3ccccc32)cc1NS(=O)(=O)c1ccc(Cl)cc1. The van der Waals surface area contributed by atoms with E-state index >= 15 is 0 Å². The van der Waals surface area contributed by atoms with Gasteiger partial charge in [-0.3, -0.25) is 9.52 Å². The van der Waals surface area contributed by atoms with Crippen molar-refractivity contribution in [1.29, 1.82) is 0 Å². The van der Waals surface area contributed by atoms with Crippen LogP contribution in [0.3, 0.4) is 0 Å². The van der Waals surface area contributed by atoms with E-state index in [2.05, 4.69) is 4.72 Å². The molecule has 4 rings (SSSR count). The topological polar surface area (TPSA) is 66.5 Å². The maximum atomic E-state index is 13.1. The molecule has 0 aromatic heterocycles. The van der Waals surface area contributed by atoms with Gasteiger partial charge in [-0.05, 0) is 66.9 Å². The van der Waals surface area contributed by atoms with Gasteiger partial charge in [0.25, 0.3) is 15.9 Å². The lowest BCUT2D eigenvalue weighted by Crippen LogP contribution is -2.29. The fourth-order valence-corrected chi connectivity index (χ4v) is 4.64. The zero-order valence-electron chi connectivity index (χ0n) is 15.7. The van der Waals surface area contributed by atoms with Crippen LogP contribution in [0.15, 0.2) is 71.6 Å². The summed E-state index contributed by atoms with van der Waals surface area (Å²) in [5.74, 6) is -0.151. The third kappa shape index (κ3) is 3.86. The molecule has 0 aliphatic carbocycles. The van der Waals surface area contributed by atoms with Crippen molar-refractivity contribution in [3.05, 3.63) is 88.4 Å². The number of fused-ring (bicyclic) bond motifs is 1. The van der Waals surface area contributed by atoms with E-state index < -0.39 is 10.0 Å². The highest BCUT2D eigenvalue weighted by molar-refractivity contribution is 7.92. The third-order valence-electron chi connectivity index (χ3n) is 4.99. The molecule has 3 aromatic carbocycles. The molecular weight excluding hydrogens is 408 g/mol. The number of carbonyl (C=O) groups excluding carboxylic acids is 1. The summed E-state index contributed by atoms with van der Waals surface area (Å²) in [7, 11) is -3.80. The van der Waals surface area contributed by atoms with Crippen LogP contribution >= 0.6 is 11.6 Å². The molecule has 0 saturated carbocycles. The smallest absolute Gasteiger partial charge is 0.261 e. The van der Waals surface area contributed by atoms with Gasteiger partial charge in [0.15, 0.2) is 0 Å². The summed E-state index contributed by atoms with van der Waals surface area (Å²) >= 11 is 5.84. The molecule has 1 aliphatic heterocycles. The van der Waals surface area contributed by atoms with Crippen molar-refractivity contribution in [3.8, 4) is 0 Å². The number of aryl methyl sites for hydroxylation is 1. The standard InChI is InChI=1S/C22H19ClN2O3S/c1-15-6-7-17(22(26)25-13-12-16-4-2-3-5-21(16)25)14-20(15)24-29(27,28)19-10-8-18(23)9-11-19/h2-11,14,24H,12-13H2,1H3. The average molecular weight is 427 g/mol. The second-order valence-corrected chi connectivity index (χ2v) is 9.04. The van der Waals surface area contributed by atoms with Crippen molar-refractivity contribution in [2.45, 2.75) is 18.2 Å². The summed E-state index contributed by atoms with van der Waals surface area (Å²) in [6.45, 7) is 2.40. The molecule has 0 fully saturated rings. The molecule has 0 atom stereocenters. The second kappa shape index (κ2) is 7.54. The zero-order chi connectivity index (χ0) is 20.6. The van der Waals surface area contributed by atoms with E-state index in [1.54, 1.807) is 30.0 Å². The van der Waals surface area contributed by atoms with Gasteiger partial charge in [0, 0.05) is 22.8 Å². The van der Waals surface area contributed by atoms with E-state index in [-0.39, 0.29) is 10.8 Å². The molecule has 0 saturated heterocycles. The van der Waals surface area contributed by atoms with Crippen LogP contribution in [0.1, 0.15) is 21.5 Å². The van der Waals surface area contributed by atoms with Crippen LogP contribution in [0.5, 0.6) is 0 Å². The Labute approximate surface area is 175 Å². The maximum absolute atomic E-state index is 13.1. The molecule has 5 nitrogen and oxygen atoms in total. The van der Waals surface area contributed by atoms with Crippen molar-refractivity contribution in [2.75, 3.05) is 16.2 Å². The van der Waals surface area contributed by atoms with Gasteiger partial charge in [-0.1, -0.05) is 35.9 Å². The van der Waals surface area contributed by atoms with Crippen molar-refractivity contribution >= 4 is 38.9 Å². The van der Waals surface area contributed by atoms with Gasteiger partial charge in [0.05, 0.1) is 10.6 Å². The minimum atomic E-state index is -3.80. The number of nitrogens with one attached hydrogen (secondary N) is 1. The molecule has 1 amide bonds. The number of amides is 1. The van der Waals surface area contributed by atoms with Crippen molar-refractivity contribution < 1.29 is 13.2 Å². The number of benzene rings is 3. The Balaban J connectivity index is 1.63. The minimum Gasteiger partial charge on any atom is -0.308 e.